The Kier molecular flexibility index (Phi) is 4.60. The Morgan fingerprint density at radius 2 is 2.14 bits per heavy atom. The average Bonchev–Trinajstić information content (AvgIpc) is 2.74. The molecule has 0 radical (unpaired) electrons. The molecule has 1 fully saturated rings. The summed E-state index contributed by atoms with van der Waals surface area (Å²) < 4.78 is 12.8. The summed E-state index contributed by atoms with van der Waals surface area (Å²) in [7, 11) is 0. The minimum absolute atomic E-state index is 0.126. The topological polar surface area (TPSA) is 12.0 Å². The summed E-state index contributed by atoms with van der Waals surface area (Å²) in [6.07, 6.45) is 1.13. The SMILES string of the molecule is CC.Fc1cccc(C2CCNC2)c1. The van der Waals surface area contributed by atoms with Crippen LogP contribution < -0.4 is 5.32 Å². The maximum Gasteiger partial charge on any atom is 0.123 e. The summed E-state index contributed by atoms with van der Waals surface area (Å²) in [6, 6.07) is 6.91. The normalized spacial score (nSPS) is 20.1. The van der Waals surface area contributed by atoms with E-state index in [0.29, 0.717) is 5.92 Å². The molecule has 1 aromatic rings. The lowest BCUT2D eigenvalue weighted by Gasteiger charge is -2.07. The molecule has 1 atom stereocenters. The first-order valence-corrected chi connectivity index (χ1v) is 5.32. The third-order valence-electron chi connectivity index (χ3n) is 2.38. The van der Waals surface area contributed by atoms with Gasteiger partial charge < -0.3 is 5.32 Å². The summed E-state index contributed by atoms with van der Waals surface area (Å²) in [5.74, 6) is 0.389. The smallest absolute Gasteiger partial charge is 0.123 e. The van der Waals surface area contributed by atoms with Crippen LogP contribution in [0.2, 0.25) is 0 Å². The van der Waals surface area contributed by atoms with Gasteiger partial charge in [0.1, 0.15) is 5.82 Å². The van der Waals surface area contributed by atoms with Crippen molar-refractivity contribution in [1.82, 2.24) is 5.32 Å². The van der Waals surface area contributed by atoms with Crippen molar-refractivity contribution in [3.8, 4) is 0 Å². The molecule has 0 aliphatic carbocycles. The number of hydrogen-bond acceptors (Lipinski definition) is 1. The zero-order chi connectivity index (χ0) is 10.4. The van der Waals surface area contributed by atoms with Crippen LogP contribution in [0.25, 0.3) is 0 Å². The number of halogens is 1. The fourth-order valence-corrected chi connectivity index (χ4v) is 1.70. The summed E-state index contributed by atoms with van der Waals surface area (Å²) in [5.41, 5.74) is 1.13. The van der Waals surface area contributed by atoms with Gasteiger partial charge in [-0.1, -0.05) is 26.0 Å². The predicted molar refractivity (Wildman–Crippen MR) is 58.0 cm³/mol. The van der Waals surface area contributed by atoms with Gasteiger partial charge in [0.05, 0.1) is 0 Å². The predicted octanol–water partition coefficient (Wildman–Crippen LogP) is 2.93. The van der Waals surface area contributed by atoms with Gasteiger partial charge in [-0.05, 0) is 36.6 Å². The van der Waals surface area contributed by atoms with Crippen molar-refractivity contribution in [2.75, 3.05) is 13.1 Å². The van der Waals surface area contributed by atoms with E-state index in [1.54, 1.807) is 12.1 Å². The van der Waals surface area contributed by atoms with Crippen molar-refractivity contribution >= 4 is 0 Å². The van der Waals surface area contributed by atoms with E-state index in [1.807, 2.05) is 19.9 Å². The lowest BCUT2D eigenvalue weighted by atomic mass is 9.99. The molecule has 0 bridgehead atoms. The molecule has 14 heavy (non-hydrogen) atoms. The van der Waals surface area contributed by atoms with Gasteiger partial charge in [-0.15, -0.1) is 0 Å². The van der Waals surface area contributed by atoms with E-state index >= 15 is 0 Å². The van der Waals surface area contributed by atoms with Crippen molar-refractivity contribution in [3.05, 3.63) is 35.6 Å². The standard InChI is InChI=1S/C10H12FN.C2H6/c11-10-3-1-2-8(6-10)9-4-5-12-7-9;1-2/h1-3,6,9,12H,4-5,7H2;1-2H3. The van der Waals surface area contributed by atoms with Crippen molar-refractivity contribution in [2.45, 2.75) is 26.2 Å². The Bertz CT molecular complexity index is 267. The minimum atomic E-state index is -0.126. The Hall–Kier alpha value is -0.890. The fraction of sp³-hybridized carbons (Fsp3) is 0.500. The van der Waals surface area contributed by atoms with E-state index in [2.05, 4.69) is 5.32 Å². The Morgan fingerprint density at radius 3 is 2.71 bits per heavy atom. The van der Waals surface area contributed by atoms with Gasteiger partial charge in [-0.3, -0.25) is 0 Å². The number of rotatable bonds is 1. The van der Waals surface area contributed by atoms with E-state index in [0.717, 1.165) is 25.1 Å². The second kappa shape index (κ2) is 5.76. The Labute approximate surface area is 85.3 Å². The lowest BCUT2D eigenvalue weighted by Crippen LogP contribution is -2.07. The molecule has 1 saturated heterocycles. The van der Waals surface area contributed by atoms with Crippen molar-refractivity contribution in [2.24, 2.45) is 0 Å². The molecule has 1 nitrogen and oxygen atoms in total. The quantitative estimate of drug-likeness (QED) is 0.726. The van der Waals surface area contributed by atoms with Gasteiger partial charge in [0.25, 0.3) is 0 Å². The fourth-order valence-electron chi connectivity index (χ4n) is 1.70. The molecule has 78 valence electrons. The van der Waals surface area contributed by atoms with Crippen LogP contribution >= 0.6 is 0 Å². The van der Waals surface area contributed by atoms with E-state index in [9.17, 15) is 4.39 Å². The van der Waals surface area contributed by atoms with Crippen LogP contribution in [-0.4, -0.2) is 13.1 Å². The van der Waals surface area contributed by atoms with Gasteiger partial charge >= 0.3 is 0 Å². The maximum absolute atomic E-state index is 12.8. The molecule has 2 rings (SSSR count). The summed E-state index contributed by atoms with van der Waals surface area (Å²) in [5, 5.41) is 3.27. The van der Waals surface area contributed by atoms with E-state index in [-0.39, 0.29) is 5.82 Å². The van der Waals surface area contributed by atoms with E-state index < -0.39 is 0 Å². The molecule has 2 heteroatoms. The highest BCUT2D eigenvalue weighted by Gasteiger charge is 2.16. The van der Waals surface area contributed by atoms with Crippen LogP contribution in [0.1, 0.15) is 31.7 Å². The number of nitrogens with one attached hydrogen (secondary N) is 1. The zero-order valence-electron chi connectivity index (χ0n) is 8.89. The molecule has 1 N–H and O–H groups in total. The zero-order valence-corrected chi connectivity index (χ0v) is 8.89. The molecule has 1 unspecified atom stereocenters. The highest BCUT2D eigenvalue weighted by atomic mass is 19.1. The Morgan fingerprint density at radius 1 is 1.36 bits per heavy atom. The maximum atomic E-state index is 12.8. The van der Waals surface area contributed by atoms with Gasteiger partial charge in [-0.2, -0.15) is 0 Å². The monoisotopic (exact) mass is 195 g/mol. The molecule has 0 saturated carbocycles. The molecule has 1 aliphatic heterocycles. The van der Waals surface area contributed by atoms with Crippen LogP contribution in [-0.2, 0) is 0 Å². The first-order valence-electron chi connectivity index (χ1n) is 5.32. The van der Waals surface area contributed by atoms with Crippen LogP contribution in [0.5, 0.6) is 0 Å². The van der Waals surface area contributed by atoms with Crippen LogP contribution in [0.4, 0.5) is 4.39 Å². The molecular formula is C12H18FN. The molecule has 0 aromatic heterocycles. The third kappa shape index (κ3) is 2.81. The molecule has 0 spiro atoms. The van der Waals surface area contributed by atoms with E-state index in [1.165, 1.54) is 6.07 Å². The van der Waals surface area contributed by atoms with Crippen molar-refractivity contribution < 1.29 is 4.39 Å². The molecule has 1 aliphatic rings. The second-order valence-electron chi connectivity index (χ2n) is 3.24. The van der Waals surface area contributed by atoms with Gasteiger partial charge in [0.2, 0.25) is 0 Å². The van der Waals surface area contributed by atoms with Gasteiger partial charge in [0, 0.05) is 6.54 Å². The third-order valence-corrected chi connectivity index (χ3v) is 2.38. The molecular weight excluding hydrogens is 177 g/mol. The summed E-state index contributed by atoms with van der Waals surface area (Å²) in [6.45, 7) is 6.05. The first-order chi connectivity index (χ1) is 6.86. The van der Waals surface area contributed by atoms with Crippen LogP contribution in [0, 0.1) is 5.82 Å². The molecule has 1 heterocycles. The first kappa shape index (κ1) is 11.2. The van der Waals surface area contributed by atoms with Crippen LogP contribution in [0.15, 0.2) is 24.3 Å². The number of benzene rings is 1. The van der Waals surface area contributed by atoms with Crippen LogP contribution in [0.3, 0.4) is 0 Å². The molecule has 0 amide bonds. The summed E-state index contributed by atoms with van der Waals surface area (Å²) >= 11 is 0. The average molecular weight is 195 g/mol. The number of hydrogen-bond donors (Lipinski definition) is 1. The highest BCUT2D eigenvalue weighted by molar-refractivity contribution is 5.21. The van der Waals surface area contributed by atoms with Gasteiger partial charge in [-0.25, -0.2) is 4.39 Å². The lowest BCUT2D eigenvalue weighted by molar-refractivity contribution is 0.621. The van der Waals surface area contributed by atoms with E-state index in [4.69, 9.17) is 0 Å². The Balaban J connectivity index is 0.000000461. The molecule has 1 aromatic carbocycles. The largest absolute Gasteiger partial charge is 0.316 e. The highest BCUT2D eigenvalue weighted by Crippen LogP contribution is 2.22. The summed E-state index contributed by atoms with van der Waals surface area (Å²) in [4.78, 5) is 0. The van der Waals surface area contributed by atoms with Crippen molar-refractivity contribution in [3.63, 3.8) is 0 Å². The minimum Gasteiger partial charge on any atom is -0.316 e. The van der Waals surface area contributed by atoms with Gasteiger partial charge in [0.15, 0.2) is 0 Å². The second-order valence-corrected chi connectivity index (χ2v) is 3.24. The van der Waals surface area contributed by atoms with Crippen molar-refractivity contribution in [1.29, 1.82) is 0 Å².